The molecule has 1 aliphatic heterocycles. The van der Waals surface area contributed by atoms with Crippen molar-refractivity contribution in [1.82, 2.24) is 0 Å². The summed E-state index contributed by atoms with van der Waals surface area (Å²) in [5.74, 6) is -1.67. The van der Waals surface area contributed by atoms with Gasteiger partial charge in [-0.1, -0.05) is 6.07 Å². The molecule has 1 heterocycles. The zero-order chi connectivity index (χ0) is 17.3. The summed E-state index contributed by atoms with van der Waals surface area (Å²) in [7, 11) is 0. The van der Waals surface area contributed by atoms with E-state index in [0.29, 0.717) is 11.4 Å². The highest BCUT2D eigenvalue weighted by molar-refractivity contribution is 8.00. The van der Waals surface area contributed by atoms with Gasteiger partial charge in [-0.25, -0.2) is 9.69 Å². The summed E-state index contributed by atoms with van der Waals surface area (Å²) in [5.41, 5.74) is 6.80. The lowest BCUT2D eigenvalue weighted by Gasteiger charge is -2.15. The largest absolute Gasteiger partial charge is 0.478 e. The number of carbonyl (C=O) groups is 3. The second-order valence-corrected chi connectivity index (χ2v) is 6.58. The number of aromatic carboxylic acids is 1. The second-order valence-electron chi connectivity index (χ2n) is 5.30. The van der Waals surface area contributed by atoms with Gasteiger partial charge >= 0.3 is 5.97 Å². The minimum absolute atomic E-state index is 0.0962. The average Bonchev–Trinajstić information content (AvgIpc) is 2.81. The van der Waals surface area contributed by atoms with Gasteiger partial charge in [0.25, 0.3) is 0 Å². The number of imide groups is 1. The van der Waals surface area contributed by atoms with Crippen molar-refractivity contribution >= 4 is 40.9 Å². The average molecular weight is 342 g/mol. The fourth-order valence-corrected chi connectivity index (χ4v) is 3.59. The van der Waals surface area contributed by atoms with Gasteiger partial charge in [0, 0.05) is 17.0 Å². The third-order valence-electron chi connectivity index (χ3n) is 3.61. The molecule has 0 radical (unpaired) electrons. The third-order valence-corrected chi connectivity index (χ3v) is 4.79. The van der Waals surface area contributed by atoms with Gasteiger partial charge in [0.1, 0.15) is 0 Å². The van der Waals surface area contributed by atoms with Crippen molar-refractivity contribution in [3.63, 3.8) is 0 Å². The maximum Gasteiger partial charge on any atom is 0.335 e. The molecule has 122 valence electrons. The molecule has 0 aromatic heterocycles. The van der Waals surface area contributed by atoms with E-state index in [-0.39, 0.29) is 23.8 Å². The zero-order valence-corrected chi connectivity index (χ0v) is 13.3. The van der Waals surface area contributed by atoms with Gasteiger partial charge in [0.15, 0.2) is 0 Å². The Balaban J connectivity index is 1.80. The fraction of sp³-hybridized carbons (Fsp3) is 0.118. The van der Waals surface area contributed by atoms with Crippen LogP contribution in [0.25, 0.3) is 0 Å². The predicted octanol–water partition coefficient (Wildman–Crippen LogP) is 2.39. The smallest absolute Gasteiger partial charge is 0.335 e. The van der Waals surface area contributed by atoms with E-state index in [2.05, 4.69) is 0 Å². The summed E-state index contributed by atoms with van der Waals surface area (Å²) in [6, 6.07) is 12.8. The molecule has 2 amide bonds. The standard InChI is InChI=1S/C17H14N2O4S/c18-11-2-1-3-13(8-11)24-14-9-15(20)19(16(14)21)12-6-4-10(5-7-12)17(22)23/h1-8,14H,9,18H2,(H,22,23)/t14-/m0/s1. The van der Waals surface area contributed by atoms with Crippen molar-refractivity contribution in [2.45, 2.75) is 16.6 Å². The maximum atomic E-state index is 12.6. The first-order valence-corrected chi connectivity index (χ1v) is 8.06. The fourth-order valence-electron chi connectivity index (χ4n) is 2.47. The molecule has 1 atom stereocenters. The van der Waals surface area contributed by atoms with Gasteiger partial charge in [0.05, 0.1) is 16.5 Å². The molecule has 6 nitrogen and oxygen atoms in total. The van der Waals surface area contributed by atoms with E-state index in [1.807, 2.05) is 6.07 Å². The van der Waals surface area contributed by atoms with Crippen LogP contribution in [0.2, 0.25) is 0 Å². The second kappa shape index (κ2) is 6.37. The molecule has 7 heteroatoms. The van der Waals surface area contributed by atoms with E-state index in [1.165, 1.54) is 36.0 Å². The summed E-state index contributed by atoms with van der Waals surface area (Å²) in [6.07, 6.45) is 0.0962. The highest BCUT2D eigenvalue weighted by Crippen LogP contribution is 2.34. The number of carbonyl (C=O) groups excluding carboxylic acids is 2. The topological polar surface area (TPSA) is 101 Å². The monoisotopic (exact) mass is 342 g/mol. The lowest BCUT2D eigenvalue weighted by Crippen LogP contribution is -2.31. The molecule has 1 saturated heterocycles. The van der Waals surface area contributed by atoms with Crippen molar-refractivity contribution in [3.05, 3.63) is 54.1 Å². The van der Waals surface area contributed by atoms with E-state index >= 15 is 0 Å². The maximum absolute atomic E-state index is 12.6. The number of carboxylic acids is 1. The Hall–Kier alpha value is -2.80. The summed E-state index contributed by atoms with van der Waals surface area (Å²) < 4.78 is 0. The van der Waals surface area contributed by atoms with Crippen molar-refractivity contribution in [1.29, 1.82) is 0 Å². The third kappa shape index (κ3) is 3.11. The molecule has 2 aromatic rings. The van der Waals surface area contributed by atoms with Crippen LogP contribution in [0.5, 0.6) is 0 Å². The first kappa shape index (κ1) is 16.1. The Kier molecular flexibility index (Phi) is 4.26. The molecule has 1 fully saturated rings. The van der Waals surface area contributed by atoms with Crippen LogP contribution in [0.1, 0.15) is 16.8 Å². The summed E-state index contributed by atoms with van der Waals surface area (Å²) in [4.78, 5) is 37.6. The van der Waals surface area contributed by atoms with E-state index in [1.54, 1.807) is 18.2 Å². The van der Waals surface area contributed by atoms with Crippen LogP contribution < -0.4 is 10.6 Å². The number of benzene rings is 2. The summed E-state index contributed by atoms with van der Waals surface area (Å²) >= 11 is 1.30. The van der Waals surface area contributed by atoms with Gasteiger partial charge in [0.2, 0.25) is 11.8 Å². The van der Waals surface area contributed by atoms with Crippen LogP contribution in [0.4, 0.5) is 11.4 Å². The molecule has 3 rings (SSSR count). The lowest BCUT2D eigenvalue weighted by molar-refractivity contribution is -0.121. The number of carboxylic acid groups (broad SMARTS) is 1. The van der Waals surface area contributed by atoms with E-state index < -0.39 is 11.2 Å². The molecule has 0 aliphatic carbocycles. The Morgan fingerprint density at radius 1 is 1.17 bits per heavy atom. The summed E-state index contributed by atoms with van der Waals surface area (Å²) in [6.45, 7) is 0. The first-order valence-electron chi connectivity index (χ1n) is 7.18. The van der Waals surface area contributed by atoms with Gasteiger partial charge in [-0.3, -0.25) is 9.59 Å². The molecule has 24 heavy (non-hydrogen) atoms. The van der Waals surface area contributed by atoms with Gasteiger partial charge in [-0.2, -0.15) is 0 Å². The molecule has 1 aliphatic rings. The van der Waals surface area contributed by atoms with E-state index in [0.717, 1.165) is 9.80 Å². The Bertz CT molecular complexity index is 820. The van der Waals surface area contributed by atoms with Crippen molar-refractivity contribution in [3.8, 4) is 0 Å². The number of hydrogen-bond acceptors (Lipinski definition) is 5. The van der Waals surface area contributed by atoms with Crippen molar-refractivity contribution in [2.24, 2.45) is 0 Å². The molecule has 2 aromatic carbocycles. The van der Waals surface area contributed by atoms with Crippen molar-refractivity contribution in [2.75, 3.05) is 10.6 Å². The molecule has 0 bridgehead atoms. The van der Waals surface area contributed by atoms with Crippen LogP contribution in [-0.2, 0) is 9.59 Å². The lowest BCUT2D eigenvalue weighted by atomic mass is 10.2. The van der Waals surface area contributed by atoms with Crippen LogP contribution in [-0.4, -0.2) is 28.1 Å². The number of nitrogens with two attached hydrogens (primary N) is 1. The molecule has 0 unspecified atom stereocenters. The Morgan fingerprint density at radius 2 is 1.88 bits per heavy atom. The first-order chi connectivity index (χ1) is 11.5. The quantitative estimate of drug-likeness (QED) is 0.653. The predicted molar refractivity (Wildman–Crippen MR) is 91.0 cm³/mol. The van der Waals surface area contributed by atoms with Crippen LogP contribution in [0.15, 0.2) is 53.4 Å². The molecule has 0 saturated carbocycles. The minimum Gasteiger partial charge on any atom is -0.478 e. The normalized spacial score (nSPS) is 17.3. The van der Waals surface area contributed by atoms with Crippen LogP contribution in [0, 0.1) is 0 Å². The molecular weight excluding hydrogens is 328 g/mol. The van der Waals surface area contributed by atoms with Crippen molar-refractivity contribution < 1.29 is 19.5 Å². The van der Waals surface area contributed by atoms with E-state index in [9.17, 15) is 14.4 Å². The minimum atomic E-state index is -1.06. The number of nitrogens with zero attached hydrogens (tertiary/aromatic N) is 1. The van der Waals surface area contributed by atoms with Gasteiger partial charge in [-0.05, 0) is 42.5 Å². The molecular formula is C17H14N2O4S. The summed E-state index contributed by atoms with van der Waals surface area (Å²) in [5, 5.41) is 8.40. The molecule has 0 spiro atoms. The Labute approximate surface area is 142 Å². The number of thioether (sulfide) groups is 1. The highest BCUT2D eigenvalue weighted by atomic mass is 32.2. The molecule has 3 N–H and O–H groups in total. The van der Waals surface area contributed by atoms with Crippen LogP contribution >= 0.6 is 11.8 Å². The van der Waals surface area contributed by atoms with E-state index in [4.69, 9.17) is 10.8 Å². The SMILES string of the molecule is Nc1cccc(S[C@H]2CC(=O)N(c3ccc(C(=O)O)cc3)C2=O)c1. The number of amides is 2. The van der Waals surface area contributed by atoms with Gasteiger partial charge in [-0.15, -0.1) is 11.8 Å². The number of rotatable bonds is 4. The number of anilines is 2. The number of hydrogen-bond donors (Lipinski definition) is 2. The van der Waals surface area contributed by atoms with Gasteiger partial charge < -0.3 is 10.8 Å². The Morgan fingerprint density at radius 3 is 2.50 bits per heavy atom. The highest BCUT2D eigenvalue weighted by Gasteiger charge is 2.40. The zero-order valence-electron chi connectivity index (χ0n) is 12.5. The van der Waals surface area contributed by atoms with Crippen LogP contribution in [0.3, 0.4) is 0 Å². The number of nitrogen functional groups attached to an aromatic ring is 1.